The Hall–Kier alpha value is -4.74. The van der Waals surface area contributed by atoms with Crippen LogP contribution in [0, 0.1) is 10.1 Å². The Morgan fingerprint density at radius 3 is 2.13 bits per heavy atom. The van der Waals surface area contributed by atoms with E-state index in [4.69, 9.17) is 11.6 Å². The molecule has 0 saturated heterocycles. The lowest BCUT2D eigenvalue weighted by Crippen LogP contribution is -2.54. The minimum absolute atomic E-state index is 0.0322. The first-order chi connectivity index (χ1) is 22.0. The fraction of sp³-hybridized carbons (Fsp3) is 0.235. The number of benzene rings is 4. The van der Waals surface area contributed by atoms with Gasteiger partial charge in [-0.25, -0.2) is 8.42 Å². The lowest BCUT2D eigenvalue weighted by Gasteiger charge is -2.34. The van der Waals surface area contributed by atoms with Crippen LogP contribution >= 0.6 is 11.6 Å². The molecule has 1 N–H and O–H groups in total. The number of hydrogen-bond acceptors (Lipinski definition) is 6. The molecule has 0 radical (unpaired) electrons. The average Bonchev–Trinajstić information content (AvgIpc) is 3.06. The van der Waals surface area contributed by atoms with Crippen molar-refractivity contribution in [2.45, 2.75) is 50.2 Å². The van der Waals surface area contributed by atoms with Crippen molar-refractivity contribution in [1.29, 1.82) is 0 Å². The highest BCUT2D eigenvalue weighted by Gasteiger charge is 2.35. The molecule has 2 amide bonds. The fourth-order valence-electron chi connectivity index (χ4n) is 4.79. The summed E-state index contributed by atoms with van der Waals surface area (Å²) in [6.07, 6.45) is 0.815. The van der Waals surface area contributed by atoms with Gasteiger partial charge in [0.2, 0.25) is 11.8 Å². The minimum atomic E-state index is -4.39. The normalized spacial score (nSPS) is 12.5. The summed E-state index contributed by atoms with van der Waals surface area (Å²) >= 11 is 6.12. The number of rotatable bonds is 14. The molecule has 46 heavy (non-hydrogen) atoms. The Kier molecular flexibility index (Phi) is 11.5. The molecule has 0 aliphatic heterocycles. The Morgan fingerprint density at radius 2 is 1.52 bits per heavy atom. The van der Waals surface area contributed by atoms with E-state index in [9.17, 15) is 28.1 Å². The third kappa shape index (κ3) is 8.70. The highest BCUT2D eigenvalue weighted by molar-refractivity contribution is 7.92. The highest BCUT2D eigenvalue weighted by atomic mass is 35.5. The number of hydrogen-bond donors (Lipinski definition) is 1. The molecule has 0 aliphatic rings. The van der Waals surface area contributed by atoms with E-state index in [1.165, 1.54) is 35.2 Å². The zero-order valence-corrected chi connectivity index (χ0v) is 27.0. The molecule has 10 nitrogen and oxygen atoms in total. The van der Waals surface area contributed by atoms with Crippen molar-refractivity contribution < 1.29 is 22.9 Å². The molecule has 0 saturated carbocycles. The predicted octanol–water partition coefficient (Wildman–Crippen LogP) is 6.00. The highest BCUT2D eigenvalue weighted by Crippen LogP contribution is 2.28. The third-order valence-electron chi connectivity index (χ3n) is 7.48. The number of nitro groups is 1. The average molecular weight is 663 g/mol. The number of anilines is 1. The van der Waals surface area contributed by atoms with Gasteiger partial charge < -0.3 is 10.2 Å². The van der Waals surface area contributed by atoms with Gasteiger partial charge in [-0.2, -0.15) is 0 Å². The summed E-state index contributed by atoms with van der Waals surface area (Å²) in [4.78, 5) is 40.6. The van der Waals surface area contributed by atoms with Crippen molar-refractivity contribution in [2.75, 3.05) is 10.8 Å². The lowest BCUT2D eigenvalue weighted by atomic mass is 10.0. The van der Waals surface area contributed by atoms with Crippen LogP contribution < -0.4 is 9.62 Å². The van der Waals surface area contributed by atoms with Crippen LogP contribution in [0.15, 0.2) is 114 Å². The van der Waals surface area contributed by atoms with Gasteiger partial charge in [-0.05, 0) is 54.8 Å². The number of sulfonamides is 1. The molecule has 0 heterocycles. The number of nitrogens with one attached hydrogen (secondary N) is 1. The van der Waals surface area contributed by atoms with Crippen LogP contribution in [0.1, 0.15) is 31.4 Å². The molecule has 0 bridgehead atoms. The number of nitrogens with zero attached hydrogens (tertiary/aromatic N) is 3. The van der Waals surface area contributed by atoms with E-state index in [0.717, 1.165) is 15.9 Å². The fourth-order valence-corrected chi connectivity index (χ4v) is 6.34. The molecule has 0 fully saturated rings. The predicted molar refractivity (Wildman–Crippen MR) is 178 cm³/mol. The Bertz CT molecular complexity index is 1760. The van der Waals surface area contributed by atoms with Gasteiger partial charge in [0.1, 0.15) is 12.6 Å². The molecule has 240 valence electrons. The van der Waals surface area contributed by atoms with Crippen molar-refractivity contribution in [3.05, 3.63) is 135 Å². The molecule has 0 aromatic heterocycles. The van der Waals surface area contributed by atoms with Gasteiger partial charge in [0.15, 0.2) is 0 Å². The van der Waals surface area contributed by atoms with E-state index >= 15 is 0 Å². The van der Waals surface area contributed by atoms with Crippen molar-refractivity contribution >= 4 is 44.8 Å². The van der Waals surface area contributed by atoms with Crippen molar-refractivity contribution in [3.8, 4) is 0 Å². The number of carbonyl (C=O) groups excluding carboxylic acids is 2. The summed E-state index contributed by atoms with van der Waals surface area (Å²) < 4.78 is 28.9. The minimum Gasteiger partial charge on any atom is -0.352 e. The Labute approximate surface area is 273 Å². The Morgan fingerprint density at radius 1 is 0.891 bits per heavy atom. The largest absolute Gasteiger partial charge is 0.352 e. The van der Waals surface area contributed by atoms with E-state index in [0.29, 0.717) is 17.0 Å². The SMILES string of the molecule is CC[C@@H](C)NC(=O)[C@@H](Cc1ccccc1)N(Cc1ccc(Cl)cc1)C(=O)CN(c1cccc([N+](=O)[O-])c1)S(=O)(=O)c1ccccc1. The standard InChI is InChI=1S/C34H35ClN4O6S/c1-3-25(2)36-34(41)32(21-26-11-6-4-7-12-26)37(23-27-17-19-28(35)20-18-27)33(40)24-38(29-13-10-14-30(22-29)39(42)43)46(44,45)31-15-8-5-9-16-31/h4-20,22,25,32H,3,21,23-24H2,1-2H3,(H,36,41)/t25-,32-/m1/s1. The summed E-state index contributed by atoms with van der Waals surface area (Å²) in [5, 5.41) is 15.1. The van der Waals surface area contributed by atoms with Crippen LogP contribution in [-0.4, -0.2) is 48.7 Å². The van der Waals surface area contributed by atoms with E-state index in [2.05, 4.69) is 5.32 Å². The monoisotopic (exact) mass is 662 g/mol. The molecule has 0 aliphatic carbocycles. The number of nitro benzene ring substituents is 1. The summed E-state index contributed by atoms with van der Waals surface area (Å²) in [6.45, 7) is 3.03. The summed E-state index contributed by atoms with van der Waals surface area (Å²) in [7, 11) is -4.39. The van der Waals surface area contributed by atoms with Gasteiger partial charge in [-0.1, -0.05) is 85.3 Å². The van der Waals surface area contributed by atoms with Gasteiger partial charge in [-0.15, -0.1) is 0 Å². The van der Waals surface area contributed by atoms with Crippen LogP contribution in [0.25, 0.3) is 0 Å². The Balaban J connectivity index is 1.83. The van der Waals surface area contributed by atoms with E-state index in [1.807, 2.05) is 44.2 Å². The second-order valence-corrected chi connectivity index (χ2v) is 13.1. The topological polar surface area (TPSA) is 130 Å². The summed E-state index contributed by atoms with van der Waals surface area (Å²) in [5.74, 6) is -1.07. The van der Waals surface area contributed by atoms with Gasteiger partial charge in [0, 0.05) is 36.2 Å². The molecule has 2 atom stereocenters. The molecule has 4 aromatic rings. The number of halogens is 1. The summed E-state index contributed by atoms with van der Waals surface area (Å²) in [5.41, 5.74) is 1.06. The smallest absolute Gasteiger partial charge is 0.271 e. The van der Waals surface area contributed by atoms with Crippen LogP contribution in [0.2, 0.25) is 5.02 Å². The molecule has 4 aromatic carbocycles. The van der Waals surface area contributed by atoms with Crippen LogP contribution in [0.5, 0.6) is 0 Å². The lowest BCUT2D eigenvalue weighted by molar-refractivity contribution is -0.384. The van der Waals surface area contributed by atoms with Crippen LogP contribution in [0.3, 0.4) is 0 Å². The summed E-state index contributed by atoms with van der Waals surface area (Å²) in [6, 6.07) is 27.4. The second-order valence-electron chi connectivity index (χ2n) is 10.8. The maximum Gasteiger partial charge on any atom is 0.271 e. The zero-order valence-electron chi connectivity index (χ0n) is 25.5. The van der Waals surface area contributed by atoms with E-state index in [1.54, 1.807) is 42.5 Å². The number of amides is 2. The van der Waals surface area contributed by atoms with Gasteiger partial charge in [0.25, 0.3) is 15.7 Å². The number of carbonyl (C=O) groups is 2. The maximum atomic E-state index is 14.5. The van der Waals surface area contributed by atoms with Gasteiger partial charge in [-0.3, -0.25) is 24.0 Å². The second kappa shape index (κ2) is 15.5. The van der Waals surface area contributed by atoms with Crippen LogP contribution in [0.4, 0.5) is 11.4 Å². The maximum absolute atomic E-state index is 14.5. The van der Waals surface area contributed by atoms with Crippen LogP contribution in [-0.2, 0) is 32.6 Å². The zero-order chi connectivity index (χ0) is 33.3. The first-order valence-electron chi connectivity index (χ1n) is 14.7. The first kappa shape index (κ1) is 34.1. The molecule has 0 spiro atoms. The van der Waals surface area contributed by atoms with Crippen molar-refractivity contribution in [2.24, 2.45) is 0 Å². The van der Waals surface area contributed by atoms with E-state index < -0.39 is 39.3 Å². The molecule has 0 unspecified atom stereocenters. The molecular formula is C34H35ClN4O6S. The van der Waals surface area contributed by atoms with Crippen molar-refractivity contribution in [1.82, 2.24) is 10.2 Å². The number of non-ortho nitro benzene ring substituents is 1. The van der Waals surface area contributed by atoms with Gasteiger partial charge in [0.05, 0.1) is 15.5 Å². The first-order valence-corrected chi connectivity index (χ1v) is 16.5. The van der Waals surface area contributed by atoms with Crippen molar-refractivity contribution in [3.63, 3.8) is 0 Å². The van der Waals surface area contributed by atoms with Gasteiger partial charge >= 0.3 is 0 Å². The quantitative estimate of drug-likeness (QED) is 0.130. The third-order valence-corrected chi connectivity index (χ3v) is 9.52. The molecule has 4 rings (SSSR count). The molecule has 12 heteroatoms. The molecular weight excluding hydrogens is 628 g/mol. The van der Waals surface area contributed by atoms with E-state index in [-0.39, 0.29) is 35.3 Å².